The second kappa shape index (κ2) is 7.17. The van der Waals surface area contributed by atoms with E-state index in [0.29, 0.717) is 0 Å². The molecule has 0 bridgehead atoms. The van der Waals surface area contributed by atoms with Gasteiger partial charge in [-0.05, 0) is 37.1 Å². The van der Waals surface area contributed by atoms with Crippen molar-refractivity contribution < 1.29 is 0 Å². The van der Waals surface area contributed by atoms with Gasteiger partial charge in [0.05, 0.1) is 17.1 Å². The van der Waals surface area contributed by atoms with Gasteiger partial charge in [-0.3, -0.25) is 0 Å². The van der Waals surface area contributed by atoms with Crippen molar-refractivity contribution in [3.05, 3.63) is 113 Å². The smallest absolute Gasteiger partial charge is 0.160 e. The van der Waals surface area contributed by atoms with E-state index in [9.17, 15) is 0 Å². The first kappa shape index (κ1) is 17.6. The van der Waals surface area contributed by atoms with Gasteiger partial charge in [0.15, 0.2) is 5.82 Å². The zero-order chi connectivity index (χ0) is 19.8. The fraction of sp³-hybridized carbons (Fsp3) is 0.154. The Morgan fingerprint density at radius 3 is 2.14 bits per heavy atom. The number of aliphatic imine (C=N–C) groups is 1. The number of rotatable bonds is 3. The molecular formula is C26H23N3. The first-order chi connectivity index (χ1) is 14.2. The lowest BCUT2D eigenvalue weighted by molar-refractivity contribution is 0.827. The molecule has 1 atom stereocenters. The molecule has 0 spiro atoms. The van der Waals surface area contributed by atoms with Gasteiger partial charge in [-0.2, -0.15) is 5.10 Å². The highest BCUT2D eigenvalue weighted by Crippen LogP contribution is 2.42. The molecule has 1 aliphatic rings. The van der Waals surface area contributed by atoms with Crippen molar-refractivity contribution in [2.24, 2.45) is 4.99 Å². The number of fused-ring (bicyclic) bond motifs is 1. The molecule has 0 radical (unpaired) electrons. The lowest BCUT2D eigenvalue weighted by atomic mass is 9.83. The molecule has 0 N–H and O–H groups in total. The van der Waals surface area contributed by atoms with Gasteiger partial charge in [-0.1, -0.05) is 78.4 Å². The van der Waals surface area contributed by atoms with Crippen LogP contribution in [0.4, 0.5) is 5.82 Å². The van der Waals surface area contributed by atoms with Crippen LogP contribution in [0.25, 0.3) is 5.69 Å². The third-order valence-corrected chi connectivity index (χ3v) is 5.66. The van der Waals surface area contributed by atoms with E-state index in [-0.39, 0.29) is 5.92 Å². The van der Waals surface area contributed by atoms with Crippen LogP contribution in [0.1, 0.15) is 40.3 Å². The van der Waals surface area contributed by atoms with Crippen molar-refractivity contribution in [2.45, 2.75) is 26.2 Å². The van der Waals surface area contributed by atoms with Gasteiger partial charge in [-0.25, -0.2) is 9.67 Å². The van der Waals surface area contributed by atoms with Gasteiger partial charge in [-0.15, -0.1) is 0 Å². The zero-order valence-electron chi connectivity index (χ0n) is 16.7. The summed E-state index contributed by atoms with van der Waals surface area (Å²) in [7, 11) is 0. The molecule has 1 aromatic heterocycles. The van der Waals surface area contributed by atoms with Crippen LogP contribution in [0.5, 0.6) is 0 Å². The largest absolute Gasteiger partial charge is 0.233 e. The van der Waals surface area contributed by atoms with Crippen molar-refractivity contribution >= 4 is 11.5 Å². The Labute approximate surface area is 171 Å². The maximum Gasteiger partial charge on any atom is 0.160 e. The van der Waals surface area contributed by atoms with Crippen molar-refractivity contribution in [3.8, 4) is 5.69 Å². The van der Waals surface area contributed by atoms with Crippen molar-refractivity contribution in [3.63, 3.8) is 0 Å². The molecule has 3 heteroatoms. The summed E-state index contributed by atoms with van der Waals surface area (Å²) < 4.78 is 1.99. The van der Waals surface area contributed by atoms with E-state index < -0.39 is 0 Å². The van der Waals surface area contributed by atoms with Crippen LogP contribution in [0.2, 0.25) is 0 Å². The quantitative estimate of drug-likeness (QED) is 0.421. The Kier molecular flexibility index (Phi) is 4.36. The summed E-state index contributed by atoms with van der Waals surface area (Å²) in [6, 6.07) is 29.7. The van der Waals surface area contributed by atoms with Crippen LogP contribution in [0.3, 0.4) is 0 Å². The fourth-order valence-corrected chi connectivity index (χ4v) is 4.16. The number of hydrogen-bond acceptors (Lipinski definition) is 2. The third kappa shape index (κ3) is 3.19. The van der Waals surface area contributed by atoms with Crippen LogP contribution in [0, 0.1) is 13.8 Å². The van der Waals surface area contributed by atoms with Crippen molar-refractivity contribution in [2.75, 3.05) is 0 Å². The highest BCUT2D eigenvalue weighted by Gasteiger charge is 2.31. The first-order valence-corrected chi connectivity index (χ1v) is 10.0. The second-order valence-corrected chi connectivity index (χ2v) is 7.66. The monoisotopic (exact) mass is 377 g/mol. The molecule has 5 rings (SSSR count). The Hall–Kier alpha value is -3.46. The maximum atomic E-state index is 5.14. The molecule has 0 amide bonds. The molecule has 0 saturated carbocycles. The number of para-hydroxylation sites is 1. The van der Waals surface area contributed by atoms with E-state index in [1.807, 2.05) is 22.9 Å². The van der Waals surface area contributed by atoms with Crippen molar-refractivity contribution in [1.82, 2.24) is 9.78 Å². The highest BCUT2D eigenvalue weighted by atomic mass is 15.3. The number of aryl methyl sites for hydroxylation is 2. The van der Waals surface area contributed by atoms with Crippen LogP contribution >= 0.6 is 0 Å². The average molecular weight is 377 g/mol. The van der Waals surface area contributed by atoms with Gasteiger partial charge in [0.1, 0.15) is 0 Å². The minimum Gasteiger partial charge on any atom is -0.233 e. The van der Waals surface area contributed by atoms with Crippen LogP contribution in [-0.2, 0) is 0 Å². The Bertz CT molecular complexity index is 1170. The Balaban J connectivity index is 1.72. The molecule has 4 aromatic rings. The standard InChI is InChI=1S/C26H23N3/c1-18-13-15-21(16-14-18)24-17-23(20-9-5-3-6-10-20)25-19(2)28-29(26(25)27-24)22-11-7-4-8-12-22/h3-16,23H,17H2,1-2H3/t23-/m1/s1. The molecule has 3 nitrogen and oxygen atoms in total. The normalized spacial score (nSPS) is 15.7. The lowest BCUT2D eigenvalue weighted by Gasteiger charge is -2.24. The zero-order valence-corrected chi connectivity index (χ0v) is 16.7. The molecule has 0 aliphatic carbocycles. The molecule has 142 valence electrons. The highest BCUT2D eigenvalue weighted by molar-refractivity contribution is 6.04. The summed E-state index contributed by atoms with van der Waals surface area (Å²) in [6.07, 6.45) is 0.876. The summed E-state index contributed by atoms with van der Waals surface area (Å²) in [5.41, 5.74) is 8.18. The lowest BCUT2D eigenvalue weighted by Crippen LogP contribution is -2.15. The van der Waals surface area contributed by atoms with Crippen molar-refractivity contribution in [1.29, 1.82) is 0 Å². The Morgan fingerprint density at radius 2 is 1.45 bits per heavy atom. The van der Waals surface area contributed by atoms with E-state index in [2.05, 4.69) is 80.6 Å². The summed E-state index contributed by atoms with van der Waals surface area (Å²) in [4.78, 5) is 5.14. The molecule has 0 fully saturated rings. The predicted octanol–water partition coefficient (Wildman–Crippen LogP) is 6.15. The molecule has 0 saturated heterocycles. The number of benzene rings is 3. The average Bonchev–Trinajstić information content (AvgIpc) is 3.11. The SMILES string of the molecule is Cc1ccc(C2=Nc3c(c(C)nn3-c3ccccc3)[C@@H](c3ccccc3)C2)cc1. The van der Waals surface area contributed by atoms with E-state index >= 15 is 0 Å². The van der Waals surface area contributed by atoms with Gasteiger partial charge in [0.2, 0.25) is 0 Å². The van der Waals surface area contributed by atoms with Crippen LogP contribution in [-0.4, -0.2) is 15.5 Å². The fourth-order valence-electron chi connectivity index (χ4n) is 4.16. The molecule has 1 aliphatic heterocycles. The molecule has 2 heterocycles. The number of nitrogens with zero attached hydrogens (tertiary/aromatic N) is 3. The van der Waals surface area contributed by atoms with E-state index in [1.54, 1.807) is 0 Å². The van der Waals surface area contributed by atoms with Crippen LogP contribution in [0.15, 0.2) is 89.9 Å². The molecule has 29 heavy (non-hydrogen) atoms. The summed E-state index contributed by atoms with van der Waals surface area (Å²) in [5.74, 6) is 1.20. The van der Waals surface area contributed by atoms with Crippen LogP contribution < -0.4 is 0 Å². The van der Waals surface area contributed by atoms with Gasteiger partial charge in [0, 0.05) is 17.9 Å². The van der Waals surface area contributed by atoms with E-state index in [4.69, 9.17) is 10.1 Å². The molecule has 3 aromatic carbocycles. The summed E-state index contributed by atoms with van der Waals surface area (Å²) >= 11 is 0. The van der Waals surface area contributed by atoms with E-state index in [1.165, 1.54) is 22.3 Å². The minimum atomic E-state index is 0.248. The number of hydrogen-bond donors (Lipinski definition) is 0. The predicted molar refractivity (Wildman–Crippen MR) is 119 cm³/mol. The first-order valence-electron chi connectivity index (χ1n) is 10.0. The summed E-state index contributed by atoms with van der Waals surface area (Å²) in [5, 5.41) is 4.89. The van der Waals surface area contributed by atoms with Gasteiger partial charge < -0.3 is 0 Å². The van der Waals surface area contributed by atoms with E-state index in [0.717, 1.165) is 29.3 Å². The minimum absolute atomic E-state index is 0.248. The topological polar surface area (TPSA) is 30.2 Å². The molecular weight excluding hydrogens is 354 g/mol. The third-order valence-electron chi connectivity index (χ3n) is 5.66. The van der Waals surface area contributed by atoms with Gasteiger partial charge >= 0.3 is 0 Å². The maximum absolute atomic E-state index is 5.14. The Morgan fingerprint density at radius 1 is 0.793 bits per heavy atom. The second-order valence-electron chi connectivity index (χ2n) is 7.66. The van der Waals surface area contributed by atoms with Gasteiger partial charge in [0.25, 0.3) is 0 Å². The molecule has 0 unspecified atom stereocenters. The summed E-state index contributed by atoms with van der Waals surface area (Å²) in [6.45, 7) is 4.21. The number of aromatic nitrogens is 2.